The van der Waals surface area contributed by atoms with Gasteiger partial charge >= 0.3 is 0 Å². The minimum atomic E-state index is 0.0195. The van der Waals surface area contributed by atoms with Crippen LogP contribution in [-0.4, -0.2) is 20.7 Å². The Kier molecular flexibility index (Phi) is 4.06. The van der Waals surface area contributed by atoms with Gasteiger partial charge < -0.3 is 5.32 Å². The molecule has 94 valence electrons. The van der Waals surface area contributed by atoms with Crippen molar-refractivity contribution in [1.29, 1.82) is 0 Å². The minimum absolute atomic E-state index is 0.0195. The Morgan fingerprint density at radius 2 is 2.11 bits per heavy atom. The van der Waals surface area contributed by atoms with Crippen LogP contribution in [0.3, 0.4) is 0 Å². The molecule has 1 amide bonds. The highest BCUT2D eigenvalue weighted by molar-refractivity contribution is 5.75. The van der Waals surface area contributed by atoms with Crippen molar-refractivity contribution < 1.29 is 4.79 Å². The monoisotopic (exact) mass is 244 g/mol. The second-order valence-corrected chi connectivity index (χ2v) is 4.17. The number of rotatable bonds is 5. The molecule has 2 aromatic rings. The largest absolute Gasteiger partial charge is 0.352 e. The number of nitrogens with one attached hydrogen (secondary N) is 1. The van der Waals surface area contributed by atoms with E-state index in [4.69, 9.17) is 0 Å². The van der Waals surface area contributed by atoms with Crippen molar-refractivity contribution in [3.63, 3.8) is 0 Å². The number of hydrogen-bond donors (Lipinski definition) is 1. The molecular formula is C13H16N4O. The lowest BCUT2D eigenvalue weighted by Crippen LogP contribution is -2.24. The highest BCUT2D eigenvalue weighted by atomic mass is 16.1. The molecular weight excluding hydrogens is 228 g/mol. The lowest BCUT2D eigenvalue weighted by atomic mass is 10.1. The fourth-order valence-corrected chi connectivity index (χ4v) is 1.56. The number of benzene rings is 1. The number of aromatic nitrogens is 3. The van der Waals surface area contributed by atoms with E-state index in [9.17, 15) is 4.79 Å². The molecule has 0 spiro atoms. The van der Waals surface area contributed by atoms with Crippen molar-refractivity contribution in [3.8, 4) is 0 Å². The molecule has 0 aliphatic carbocycles. The maximum Gasteiger partial charge on any atom is 0.222 e. The lowest BCUT2D eigenvalue weighted by molar-refractivity contribution is -0.121. The van der Waals surface area contributed by atoms with Crippen LogP contribution in [0.15, 0.2) is 36.9 Å². The molecule has 0 unspecified atom stereocenters. The van der Waals surface area contributed by atoms with Gasteiger partial charge in [0, 0.05) is 13.0 Å². The molecule has 18 heavy (non-hydrogen) atoms. The summed E-state index contributed by atoms with van der Waals surface area (Å²) >= 11 is 0. The van der Waals surface area contributed by atoms with Gasteiger partial charge in [-0.3, -0.25) is 9.48 Å². The molecule has 0 fully saturated rings. The first-order chi connectivity index (χ1) is 8.74. The second kappa shape index (κ2) is 5.95. The molecule has 1 aromatic heterocycles. The zero-order valence-corrected chi connectivity index (χ0v) is 10.3. The van der Waals surface area contributed by atoms with Gasteiger partial charge in [-0.05, 0) is 12.5 Å². The van der Waals surface area contributed by atoms with Gasteiger partial charge in [-0.2, -0.15) is 5.10 Å². The van der Waals surface area contributed by atoms with E-state index in [0.29, 0.717) is 19.5 Å². The second-order valence-electron chi connectivity index (χ2n) is 4.17. The molecule has 1 aromatic carbocycles. The average molecular weight is 244 g/mol. The van der Waals surface area contributed by atoms with Gasteiger partial charge in [-0.15, -0.1) is 0 Å². The van der Waals surface area contributed by atoms with Gasteiger partial charge in [-0.25, -0.2) is 4.98 Å². The Labute approximate surface area is 106 Å². The molecule has 0 saturated carbocycles. The van der Waals surface area contributed by atoms with Crippen LogP contribution in [0.25, 0.3) is 0 Å². The third-order valence-electron chi connectivity index (χ3n) is 2.64. The Balaban J connectivity index is 1.73. The molecule has 5 nitrogen and oxygen atoms in total. The van der Waals surface area contributed by atoms with Crippen molar-refractivity contribution in [2.45, 2.75) is 26.4 Å². The SMILES string of the molecule is Cc1ccc(CNC(=O)CCn2cncn2)cc1. The van der Waals surface area contributed by atoms with E-state index in [-0.39, 0.29) is 5.91 Å². The summed E-state index contributed by atoms with van der Waals surface area (Å²) in [4.78, 5) is 15.4. The Bertz CT molecular complexity index is 490. The van der Waals surface area contributed by atoms with Crippen LogP contribution in [0.4, 0.5) is 0 Å². The minimum Gasteiger partial charge on any atom is -0.352 e. The summed E-state index contributed by atoms with van der Waals surface area (Å²) in [6.45, 7) is 3.16. The number of carbonyl (C=O) groups excluding carboxylic acids is 1. The fourth-order valence-electron chi connectivity index (χ4n) is 1.56. The molecule has 1 N–H and O–H groups in total. The van der Waals surface area contributed by atoms with Gasteiger partial charge in [0.1, 0.15) is 12.7 Å². The summed E-state index contributed by atoms with van der Waals surface area (Å²) in [6, 6.07) is 8.12. The Morgan fingerprint density at radius 3 is 2.78 bits per heavy atom. The molecule has 0 saturated heterocycles. The summed E-state index contributed by atoms with van der Waals surface area (Å²) in [5.74, 6) is 0.0195. The average Bonchev–Trinajstić information content (AvgIpc) is 2.89. The number of carbonyl (C=O) groups is 1. The van der Waals surface area contributed by atoms with Crippen LogP contribution < -0.4 is 5.32 Å². The molecule has 2 rings (SSSR count). The molecule has 0 bridgehead atoms. The molecule has 5 heteroatoms. The molecule has 0 aliphatic rings. The Morgan fingerprint density at radius 1 is 1.33 bits per heavy atom. The normalized spacial score (nSPS) is 10.3. The van der Waals surface area contributed by atoms with Crippen LogP contribution in [-0.2, 0) is 17.9 Å². The van der Waals surface area contributed by atoms with Crippen LogP contribution in [0, 0.1) is 6.92 Å². The summed E-state index contributed by atoms with van der Waals surface area (Å²) < 4.78 is 1.64. The topological polar surface area (TPSA) is 59.8 Å². The predicted molar refractivity (Wildman–Crippen MR) is 67.7 cm³/mol. The standard InChI is InChI=1S/C13H16N4O/c1-11-2-4-12(5-3-11)8-15-13(18)6-7-17-10-14-9-16-17/h2-5,9-10H,6-8H2,1H3,(H,15,18). The first-order valence-corrected chi connectivity index (χ1v) is 5.89. The maximum absolute atomic E-state index is 11.6. The maximum atomic E-state index is 11.6. The van der Waals surface area contributed by atoms with Gasteiger partial charge in [0.2, 0.25) is 5.91 Å². The summed E-state index contributed by atoms with van der Waals surface area (Å²) in [7, 11) is 0. The predicted octanol–water partition coefficient (Wildman–Crippen LogP) is 1.29. The first-order valence-electron chi connectivity index (χ1n) is 5.89. The van der Waals surface area contributed by atoms with E-state index in [1.807, 2.05) is 31.2 Å². The number of aryl methyl sites for hydroxylation is 2. The summed E-state index contributed by atoms with van der Waals surface area (Å²) in [5.41, 5.74) is 2.32. The van der Waals surface area contributed by atoms with E-state index >= 15 is 0 Å². The van der Waals surface area contributed by atoms with Crippen molar-refractivity contribution in [3.05, 3.63) is 48.0 Å². The smallest absolute Gasteiger partial charge is 0.222 e. The zero-order valence-electron chi connectivity index (χ0n) is 10.3. The first kappa shape index (κ1) is 12.3. The van der Waals surface area contributed by atoms with Crippen molar-refractivity contribution in [1.82, 2.24) is 20.1 Å². The van der Waals surface area contributed by atoms with Gasteiger partial charge in [-0.1, -0.05) is 29.8 Å². The van der Waals surface area contributed by atoms with Crippen molar-refractivity contribution >= 4 is 5.91 Å². The molecule has 0 atom stereocenters. The zero-order chi connectivity index (χ0) is 12.8. The van der Waals surface area contributed by atoms with Crippen molar-refractivity contribution in [2.75, 3.05) is 0 Å². The van der Waals surface area contributed by atoms with E-state index in [1.54, 1.807) is 11.0 Å². The van der Waals surface area contributed by atoms with Gasteiger partial charge in [0.25, 0.3) is 0 Å². The highest BCUT2D eigenvalue weighted by Gasteiger charge is 2.02. The molecule has 1 heterocycles. The third-order valence-corrected chi connectivity index (χ3v) is 2.64. The van der Waals surface area contributed by atoms with Crippen LogP contribution in [0.2, 0.25) is 0 Å². The van der Waals surface area contributed by atoms with Crippen LogP contribution in [0.5, 0.6) is 0 Å². The summed E-state index contributed by atoms with van der Waals surface area (Å²) in [6.07, 6.45) is 3.48. The third kappa shape index (κ3) is 3.69. The van der Waals surface area contributed by atoms with Gasteiger partial charge in [0.15, 0.2) is 0 Å². The Hall–Kier alpha value is -2.17. The van der Waals surface area contributed by atoms with E-state index in [0.717, 1.165) is 5.56 Å². The van der Waals surface area contributed by atoms with Gasteiger partial charge in [0.05, 0.1) is 6.54 Å². The van der Waals surface area contributed by atoms with E-state index in [1.165, 1.54) is 11.9 Å². The number of hydrogen-bond acceptors (Lipinski definition) is 3. The number of nitrogens with zero attached hydrogens (tertiary/aromatic N) is 3. The van der Waals surface area contributed by atoms with Crippen molar-refractivity contribution in [2.24, 2.45) is 0 Å². The highest BCUT2D eigenvalue weighted by Crippen LogP contribution is 2.02. The lowest BCUT2D eigenvalue weighted by Gasteiger charge is -2.05. The quantitative estimate of drug-likeness (QED) is 0.862. The molecule has 0 radical (unpaired) electrons. The van der Waals surface area contributed by atoms with Crippen LogP contribution >= 0.6 is 0 Å². The van der Waals surface area contributed by atoms with E-state index in [2.05, 4.69) is 15.4 Å². The summed E-state index contributed by atoms with van der Waals surface area (Å²) in [5, 5.41) is 6.82. The fraction of sp³-hybridized carbons (Fsp3) is 0.308. The molecule has 0 aliphatic heterocycles. The number of amides is 1. The van der Waals surface area contributed by atoms with E-state index < -0.39 is 0 Å². The van der Waals surface area contributed by atoms with Crippen LogP contribution in [0.1, 0.15) is 17.5 Å².